The number of aliphatic hydroxyl groups excluding tert-OH is 1. The molecule has 1 unspecified atom stereocenters. The summed E-state index contributed by atoms with van der Waals surface area (Å²) in [4.78, 5) is 0. The SMILES string of the molecule is CCOc1ccc(-n2nc3c(NCC(CO)Cc4ccccc4)nnc(C)c3c2C)c(F)c1. The number of hydrogen-bond donors (Lipinski definition) is 2. The number of fused-ring (bicyclic) bond motifs is 1. The van der Waals surface area contributed by atoms with Crippen LogP contribution in [0.1, 0.15) is 23.9 Å². The quantitative estimate of drug-likeness (QED) is 0.398. The Morgan fingerprint density at radius 3 is 2.61 bits per heavy atom. The van der Waals surface area contributed by atoms with Crippen molar-refractivity contribution >= 4 is 16.7 Å². The van der Waals surface area contributed by atoms with Crippen LogP contribution < -0.4 is 10.1 Å². The summed E-state index contributed by atoms with van der Waals surface area (Å²) < 4.78 is 21.8. The van der Waals surface area contributed by atoms with Crippen molar-refractivity contribution in [2.24, 2.45) is 5.92 Å². The molecule has 2 N–H and O–H groups in total. The number of benzene rings is 2. The molecule has 2 heterocycles. The lowest BCUT2D eigenvalue weighted by atomic mass is 10.00. The van der Waals surface area contributed by atoms with Gasteiger partial charge in [-0.15, -0.1) is 5.10 Å². The third-order valence-electron chi connectivity index (χ3n) is 5.64. The van der Waals surface area contributed by atoms with E-state index in [-0.39, 0.29) is 12.5 Å². The highest BCUT2D eigenvalue weighted by Gasteiger charge is 2.19. The summed E-state index contributed by atoms with van der Waals surface area (Å²) in [6, 6.07) is 14.8. The van der Waals surface area contributed by atoms with Gasteiger partial charge in [0.05, 0.1) is 23.4 Å². The van der Waals surface area contributed by atoms with Gasteiger partial charge in [0.15, 0.2) is 11.6 Å². The Labute approximate surface area is 192 Å². The molecule has 0 aliphatic carbocycles. The summed E-state index contributed by atoms with van der Waals surface area (Å²) in [5.74, 6) is 0.559. The van der Waals surface area contributed by atoms with Crippen LogP contribution in [-0.4, -0.2) is 44.8 Å². The van der Waals surface area contributed by atoms with E-state index in [1.54, 1.807) is 16.8 Å². The normalized spacial score (nSPS) is 12.2. The Morgan fingerprint density at radius 1 is 1.12 bits per heavy atom. The minimum atomic E-state index is -0.423. The third-order valence-corrected chi connectivity index (χ3v) is 5.64. The van der Waals surface area contributed by atoms with Crippen molar-refractivity contribution in [3.63, 3.8) is 0 Å². The van der Waals surface area contributed by atoms with E-state index in [1.807, 2.05) is 51.1 Å². The number of nitrogens with zero attached hydrogens (tertiary/aromatic N) is 4. The number of aromatic nitrogens is 4. The van der Waals surface area contributed by atoms with Gasteiger partial charge in [0.25, 0.3) is 0 Å². The topological polar surface area (TPSA) is 85.1 Å². The van der Waals surface area contributed by atoms with E-state index in [4.69, 9.17) is 4.74 Å². The van der Waals surface area contributed by atoms with Crippen LogP contribution in [0.3, 0.4) is 0 Å². The van der Waals surface area contributed by atoms with Crippen LogP contribution in [0.5, 0.6) is 5.75 Å². The number of rotatable bonds is 9. The van der Waals surface area contributed by atoms with Crippen molar-refractivity contribution in [3.05, 3.63) is 71.3 Å². The zero-order valence-electron chi connectivity index (χ0n) is 19.0. The predicted octanol–water partition coefficient (Wildman–Crippen LogP) is 4.23. The van der Waals surface area contributed by atoms with Crippen molar-refractivity contribution in [2.45, 2.75) is 27.2 Å². The number of hydrogen-bond acceptors (Lipinski definition) is 6. The molecule has 0 spiro atoms. The van der Waals surface area contributed by atoms with Gasteiger partial charge in [0, 0.05) is 25.1 Å². The van der Waals surface area contributed by atoms with Gasteiger partial charge in [-0.2, -0.15) is 10.2 Å². The number of ether oxygens (including phenoxy) is 1. The van der Waals surface area contributed by atoms with Crippen LogP contribution in [0, 0.1) is 25.6 Å². The molecular weight excluding hydrogens is 421 g/mol. The molecule has 2 aromatic carbocycles. The minimum Gasteiger partial charge on any atom is -0.494 e. The van der Waals surface area contributed by atoms with Gasteiger partial charge >= 0.3 is 0 Å². The van der Waals surface area contributed by atoms with Gasteiger partial charge in [-0.3, -0.25) is 0 Å². The maximum atomic E-state index is 14.9. The largest absolute Gasteiger partial charge is 0.494 e. The molecule has 0 saturated heterocycles. The molecule has 8 heteroatoms. The Hall–Kier alpha value is -3.52. The van der Waals surface area contributed by atoms with Gasteiger partial charge in [-0.1, -0.05) is 30.3 Å². The summed E-state index contributed by atoms with van der Waals surface area (Å²) in [6.07, 6.45) is 0.734. The zero-order chi connectivity index (χ0) is 23.4. The Bertz CT molecular complexity index is 1240. The van der Waals surface area contributed by atoms with E-state index >= 15 is 0 Å². The second-order valence-corrected chi connectivity index (χ2v) is 8.02. The van der Waals surface area contributed by atoms with Crippen molar-refractivity contribution in [3.8, 4) is 11.4 Å². The van der Waals surface area contributed by atoms with Gasteiger partial charge in [0.1, 0.15) is 17.0 Å². The van der Waals surface area contributed by atoms with Crippen LogP contribution in [-0.2, 0) is 6.42 Å². The van der Waals surface area contributed by atoms with Gasteiger partial charge in [-0.05, 0) is 44.9 Å². The first-order chi connectivity index (χ1) is 16.0. The monoisotopic (exact) mass is 449 g/mol. The summed E-state index contributed by atoms with van der Waals surface area (Å²) in [5.41, 5.74) is 3.59. The fourth-order valence-electron chi connectivity index (χ4n) is 3.98. The smallest absolute Gasteiger partial charge is 0.177 e. The number of anilines is 1. The second-order valence-electron chi connectivity index (χ2n) is 8.02. The Morgan fingerprint density at radius 2 is 1.91 bits per heavy atom. The van der Waals surface area contributed by atoms with Crippen LogP contribution in [0.25, 0.3) is 16.6 Å². The number of nitrogens with one attached hydrogen (secondary N) is 1. The van der Waals surface area contributed by atoms with Crippen molar-refractivity contribution < 1.29 is 14.2 Å². The average molecular weight is 450 g/mol. The fourth-order valence-corrected chi connectivity index (χ4v) is 3.98. The van der Waals surface area contributed by atoms with Gasteiger partial charge in [0.2, 0.25) is 0 Å². The molecule has 33 heavy (non-hydrogen) atoms. The molecule has 4 rings (SSSR count). The van der Waals surface area contributed by atoms with Crippen molar-refractivity contribution in [1.29, 1.82) is 0 Å². The minimum absolute atomic E-state index is 0.00251. The van der Waals surface area contributed by atoms with E-state index in [2.05, 4.69) is 20.6 Å². The molecule has 1 atom stereocenters. The Balaban J connectivity index is 1.63. The van der Waals surface area contributed by atoms with Crippen molar-refractivity contribution in [1.82, 2.24) is 20.0 Å². The highest BCUT2D eigenvalue weighted by Crippen LogP contribution is 2.29. The average Bonchev–Trinajstić information content (AvgIpc) is 3.16. The maximum Gasteiger partial charge on any atom is 0.177 e. The number of aliphatic hydroxyl groups is 1. The van der Waals surface area contributed by atoms with Crippen LogP contribution in [0.15, 0.2) is 48.5 Å². The zero-order valence-corrected chi connectivity index (χ0v) is 19.0. The van der Waals surface area contributed by atoms with E-state index < -0.39 is 5.82 Å². The summed E-state index contributed by atoms with van der Waals surface area (Å²) >= 11 is 0. The van der Waals surface area contributed by atoms with Crippen LogP contribution in [0.2, 0.25) is 0 Å². The highest BCUT2D eigenvalue weighted by molar-refractivity contribution is 5.92. The molecule has 0 amide bonds. The first kappa shape index (κ1) is 22.7. The second kappa shape index (κ2) is 9.95. The first-order valence-electron chi connectivity index (χ1n) is 11.1. The fraction of sp³-hybridized carbons (Fsp3) is 0.320. The lowest BCUT2D eigenvalue weighted by Gasteiger charge is -2.15. The first-order valence-corrected chi connectivity index (χ1v) is 11.1. The number of aryl methyl sites for hydroxylation is 2. The molecule has 4 aromatic rings. The molecule has 2 aromatic heterocycles. The van der Waals surface area contributed by atoms with E-state index in [0.717, 1.165) is 23.1 Å². The van der Waals surface area contributed by atoms with Crippen LogP contribution in [0.4, 0.5) is 10.2 Å². The predicted molar refractivity (Wildman–Crippen MR) is 126 cm³/mol. The lowest BCUT2D eigenvalue weighted by molar-refractivity contribution is 0.232. The Kier molecular flexibility index (Phi) is 6.84. The molecule has 0 bridgehead atoms. The molecule has 172 valence electrons. The van der Waals surface area contributed by atoms with E-state index in [1.165, 1.54) is 6.07 Å². The molecule has 0 aliphatic heterocycles. The summed E-state index contributed by atoms with van der Waals surface area (Å²) in [7, 11) is 0. The van der Waals surface area contributed by atoms with E-state index in [9.17, 15) is 9.50 Å². The molecule has 0 fully saturated rings. The van der Waals surface area contributed by atoms with Gasteiger partial charge < -0.3 is 15.2 Å². The van der Waals surface area contributed by atoms with Gasteiger partial charge in [-0.25, -0.2) is 9.07 Å². The molecular formula is C25H28FN5O2. The van der Waals surface area contributed by atoms with Crippen molar-refractivity contribution in [2.75, 3.05) is 25.1 Å². The third kappa shape index (κ3) is 4.80. The molecule has 0 saturated carbocycles. The van der Waals surface area contributed by atoms with Crippen LogP contribution >= 0.6 is 0 Å². The number of halogens is 1. The molecule has 0 radical (unpaired) electrons. The lowest BCUT2D eigenvalue weighted by Crippen LogP contribution is -2.21. The standard InChI is InChI=1S/C25H28FN5O2/c1-4-33-20-10-11-22(21(26)13-20)31-17(3)23-16(2)28-29-25(24(23)30-31)27-14-19(15-32)12-18-8-6-5-7-9-18/h5-11,13,19,32H,4,12,14-15H2,1-3H3,(H,27,29). The molecule has 7 nitrogen and oxygen atoms in total. The maximum absolute atomic E-state index is 14.9. The summed E-state index contributed by atoms with van der Waals surface area (Å²) in [5, 5.41) is 27.2. The highest BCUT2D eigenvalue weighted by atomic mass is 19.1. The summed E-state index contributed by atoms with van der Waals surface area (Å²) in [6.45, 7) is 6.60. The van der Waals surface area contributed by atoms with E-state index in [0.29, 0.717) is 41.6 Å². The molecule has 0 aliphatic rings.